The van der Waals surface area contributed by atoms with E-state index >= 15 is 0 Å². The van der Waals surface area contributed by atoms with Gasteiger partial charge in [0.1, 0.15) is 5.75 Å². The van der Waals surface area contributed by atoms with Crippen LogP contribution in [0.5, 0.6) is 5.75 Å². The zero-order valence-electron chi connectivity index (χ0n) is 19.7. The molecule has 0 radical (unpaired) electrons. The molecule has 4 rings (SSSR count). The summed E-state index contributed by atoms with van der Waals surface area (Å²) < 4.78 is 56.9. The maximum absolute atomic E-state index is 12.6. The lowest BCUT2D eigenvalue weighted by atomic mass is 9.99. The summed E-state index contributed by atoms with van der Waals surface area (Å²) >= 11 is 0. The molecule has 0 amide bonds. The molecular weight excluding hydrogens is 478 g/mol. The second-order valence-electron chi connectivity index (χ2n) is 8.56. The van der Waals surface area contributed by atoms with Crippen LogP contribution in [-0.4, -0.2) is 47.6 Å². The first-order chi connectivity index (χ1) is 15.8. The normalized spacial score (nSPS) is 14.2. The van der Waals surface area contributed by atoms with E-state index in [1.807, 2.05) is 17.0 Å². The standard InChI is InChI=1S/C23H27N3O6S2/c1-15-11-19-21(24(2)23(15)27)13-18(32-3)14-22(19)25-10-6-7-16-8-9-17(12-20(16)25)26(33(4,28)29)34(5,30)31/h8-9,11-14H,6-7,10H2,1-5H3. The fraction of sp³-hybridized carbons (Fsp3) is 0.348. The third-order valence-electron chi connectivity index (χ3n) is 6.00. The minimum absolute atomic E-state index is 0.0476. The number of nitrogens with zero attached hydrogens (tertiary/aromatic N) is 3. The number of ether oxygens (including phenoxy) is 1. The van der Waals surface area contributed by atoms with Gasteiger partial charge in [-0.25, -0.2) is 16.8 Å². The van der Waals surface area contributed by atoms with E-state index in [0.29, 0.717) is 32.8 Å². The molecule has 34 heavy (non-hydrogen) atoms. The molecule has 0 saturated heterocycles. The summed E-state index contributed by atoms with van der Waals surface area (Å²) in [6.07, 6.45) is 3.34. The molecule has 0 saturated carbocycles. The van der Waals surface area contributed by atoms with Crippen LogP contribution in [0, 0.1) is 6.92 Å². The monoisotopic (exact) mass is 505 g/mol. The molecule has 0 fully saturated rings. The Morgan fingerprint density at radius 3 is 2.26 bits per heavy atom. The van der Waals surface area contributed by atoms with Gasteiger partial charge in [-0.05, 0) is 43.5 Å². The van der Waals surface area contributed by atoms with Crippen LogP contribution in [0.25, 0.3) is 10.9 Å². The molecule has 2 aromatic carbocycles. The van der Waals surface area contributed by atoms with Gasteiger partial charge in [-0.2, -0.15) is 3.71 Å². The van der Waals surface area contributed by atoms with E-state index in [1.165, 1.54) is 6.07 Å². The number of hydrogen-bond acceptors (Lipinski definition) is 7. The van der Waals surface area contributed by atoms with Crippen LogP contribution < -0.4 is 18.9 Å². The highest BCUT2D eigenvalue weighted by Crippen LogP contribution is 2.41. The number of benzene rings is 2. The van der Waals surface area contributed by atoms with E-state index in [9.17, 15) is 21.6 Å². The Bertz CT molecular complexity index is 1540. The highest BCUT2D eigenvalue weighted by atomic mass is 32.3. The molecule has 0 unspecified atom stereocenters. The van der Waals surface area contributed by atoms with Crippen molar-refractivity contribution in [1.29, 1.82) is 0 Å². The number of aryl methyl sites for hydroxylation is 3. The molecule has 0 aliphatic carbocycles. The Morgan fingerprint density at radius 1 is 0.971 bits per heavy atom. The van der Waals surface area contributed by atoms with Crippen molar-refractivity contribution in [3.63, 3.8) is 0 Å². The maximum Gasteiger partial charge on any atom is 0.253 e. The van der Waals surface area contributed by atoms with E-state index in [4.69, 9.17) is 4.74 Å². The van der Waals surface area contributed by atoms with Crippen molar-refractivity contribution >= 4 is 48.0 Å². The quantitative estimate of drug-likeness (QED) is 0.525. The number of pyridine rings is 1. The summed E-state index contributed by atoms with van der Waals surface area (Å²) in [5.41, 5.74) is 3.69. The fourth-order valence-electron chi connectivity index (χ4n) is 4.57. The first kappa shape index (κ1) is 24.1. The Morgan fingerprint density at radius 2 is 1.65 bits per heavy atom. The predicted octanol–water partition coefficient (Wildman–Crippen LogP) is 2.67. The predicted molar refractivity (Wildman–Crippen MR) is 134 cm³/mol. The Kier molecular flexibility index (Phi) is 5.89. The van der Waals surface area contributed by atoms with Crippen LogP contribution in [-0.2, 0) is 33.5 Å². The van der Waals surface area contributed by atoms with Crippen molar-refractivity contribution in [3.05, 3.63) is 57.9 Å². The third-order valence-corrected chi connectivity index (χ3v) is 9.25. The summed E-state index contributed by atoms with van der Waals surface area (Å²) in [5, 5.41) is 0.835. The molecule has 0 N–H and O–H groups in total. The molecule has 3 aromatic rings. The van der Waals surface area contributed by atoms with Gasteiger partial charge in [-0.1, -0.05) is 6.07 Å². The van der Waals surface area contributed by atoms with Crippen molar-refractivity contribution in [2.45, 2.75) is 19.8 Å². The average Bonchev–Trinajstić information content (AvgIpc) is 2.75. The largest absolute Gasteiger partial charge is 0.497 e. The van der Waals surface area contributed by atoms with Crippen LogP contribution in [0.2, 0.25) is 0 Å². The molecule has 1 aliphatic heterocycles. The molecule has 2 heterocycles. The summed E-state index contributed by atoms with van der Waals surface area (Å²) in [7, 11) is -4.89. The van der Waals surface area contributed by atoms with E-state index in [0.717, 1.165) is 42.0 Å². The van der Waals surface area contributed by atoms with E-state index in [2.05, 4.69) is 0 Å². The van der Waals surface area contributed by atoms with Crippen molar-refractivity contribution in [1.82, 2.24) is 4.57 Å². The highest BCUT2D eigenvalue weighted by molar-refractivity contribution is 8.09. The van der Waals surface area contributed by atoms with Crippen molar-refractivity contribution in [2.75, 3.05) is 34.8 Å². The van der Waals surface area contributed by atoms with Crippen LogP contribution in [0.15, 0.2) is 41.2 Å². The van der Waals surface area contributed by atoms with Gasteiger partial charge in [0.25, 0.3) is 5.56 Å². The number of fused-ring (bicyclic) bond motifs is 2. The lowest BCUT2D eigenvalue weighted by Gasteiger charge is -2.34. The van der Waals surface area contributed by atoms with Crippen LogP contribution >= 0.6 is 0 Å². The van der Waals surface area contributed by atoms with Gasteiger partial charge in [-0.3, -0.25) is 4.79 Å². The number of aromatic nitrogens is 1. The second-order valence-corrected chi connectivity index (χ2v) is 12.5. The summed E-state index contributed by atoms with van der Waals surface area (Å²) in [4.78, 5) is 14.6. The molecule has 11 heteroatoms. The van der Waals surface area contributed by atoms with Crippen molar-refractivity contribution in [2.24, 2.45) is 7.05 Å². The highest BCUT2D eigenvalue weighted by Gasteiger charge is 2.30. The summed E-state index contributed by atoms with van der Waals surface area (Å²) in [5.74, 6) is 0.568. The molecule has 182 valence electrons. The van der Waals surface area contributed by atoms with Gasteiger partial charge < -0.3 is 14.2 Å². The lowest BCUT2D eigenvalue weighted by molar-refractivity contribution is 0.415. The number of methoxy groups -OCH3 is 1. The minimum Gasteiger partial charge on any atom is -0.497 e. The van der Waals surface area contributed by atoms with Gasteiger partial charge in [0.05, 0.1) is 36.5 Å². The topological polar surface area (TPSA) is 106 Å². The zero-order chi connectivity index (χ0) is 25.0. The molecular formula is C23H27N3O6S2. The second kappa shape index (κ2) is 8.31. The van der Waals surface area contributed by atoms with Gasteiger partial charge in [0.15, 0.2) is 0 Å². The first-order valence-corrected chi connectivity index (χ1v) is 14.3. The summed E-state index contributed by atoms with van der Waals surface area (Å²) in [6, 6.07) is 10.4. The fourth-order valence-corrected chi connectivity index (χ4v) is 7.53. The van der Waals surface area contributed by atoms with E-state index in [1.54, 1.807) is 43.8 Å². The molecule has 0 spiro atoms. The molecule has 1 aliphatic rings. The van der Waals surface area contributed by atoms with Crippen LogP contribution in [0.1, 0.15) is 17.5 Å². The number of rotatable bonds is 5. The molecule has 0 bridgehead atoms. The van der Waals surface area contributed by atoms with Gasteiger partial charge in [0.2, 0.25) is 20.0 Å². The van der Waals surface area contributed by atoms with Gasteiger partial charge in [-0.15, -0.1) is 0 Å². The zero-order valence-corrected chi connectivity index (χ0v) is 21.3. The van der Waals surface area contributed by atoms with Crippen LogP contribution in [0.3, 0.4) is 0 Å². The Balaban J connectivity index is 2.00. The van der Waals surface area contributed by atoms with E-state index < -0.39 is 20.0 Å². The maximum atomic E-state index is 12.6. The van der Waals surface area contributed by atoms with Gasteiger partial charge >= 0.3 is 0 Å². The number of sulfonamides is 2. The number of anilines is 3. The lowest BCUT2D eigenvalue weighted by Crippen LogP contribution is -2.35. The Labute approximate surface area is 199 Å². The Hall–Kier alpha value is -3.05. The minimum atomic E-state index is -4.08. The van der Waals surface area contributed by atoms with Crippen molar-refractivity contribution in [3.8, 4) is 5.75 Å². The average molecular weight is 506 g/mol. The van der Waals surface area contributed by atoms with Crippen molar-refractivity contribution < 1.29 is 21.6 Å². The third kappa shape index (κ3) is 4.14. The smallest absolute Gasteiger partial charge is 0.253 e. The SMILES string of the molecule is COc1cc(N2CCCc3ccc(N(S(C)(=O)=O)S(C)(=O)=O)cc32)c2cc(C)c(=O)n(C)c2c1. The number of hydrogen-bond donors (Lipinski definition) is 0. The molecule has 9 nitrogen and oxygen atoms in total. The van der Waals surface area contributed by atoms with Crippen LogP contribution in [0.4, 0.5) is 17.1 Å². The summed E-state index contributed by atoms with van der Waals surface area (Å²) in [6.45, 7) is 2.38. The van der Waals surface area contributed by atoms with E-state index in [-0.39, 0.29) is 11.2 Å². The molecule has 1 aromatic heterocycles. The van der Waals surface area contributed by atoms with Gasteiger partial charge in [0, 0.05) is 42.4 Å². The first-order valence-electron chi connectivity index (χ1n) is 10.6. The molecule has 0 atom stereocenters.